The minimum absolute atomic E-state index is 0.0144. The van der Waals surface area contributed by atoms with Crippen LogP contribution in [0.5, 0.6) is 0 Å². The number of anilines is 2. The molecule has 3 aromatic heterocycles. The lowest BCUT2D eigenvalue weighted by atomic mass is 10.1. The molecule has 6 rings (SSSR count). The van der Waals surface area contributed by atoms with E-state index in [4.69, 9.17) is 9.47 Å². The third kappa shape index (κ3) is 4.89. The molecule has 2 fully saturated rings. The zero-order valence-electron chi connectivity index (χ0n) is 21.1. The van der Waals surface area contributed by atoms with Gasteiger partial charge >= 0.3 is 0 Å². The first-order chi connectivity index (χ1) is 19.4. The standard InChI is InChI=1S/C25H27FN8O6/c26-15-3-1-14(2-4-15)8-32(13-36)17-7-28-34(9-17)25-30-22(29-16-5-6-39-11-16)19-23(31-25)33(12-27-19)24-21(38)20(37)18(10-35)40-24/h1-4,7,9,12-13,16,18,20-21,24,35,37-38H,5-6,8,10-11H2,(H,29,30,31)/t16-,18-,20-,21-,24-/m1/s1. The van der Waals surface area contributed by atoms with Crippen LogP contribution in [0.1, 0.15) is 18.2 Å². The van der Waals surface area contributed by atoms with E-state index in [9.17, 15) is 24.5 Å². The summed E-state index contributed by atoms with van der Waals surface area (Å²) in [5, 5.41) is 38.1. The molecular weight excluding hydrogens is 527 g/mol. The molecule has 1 aromatic carbocycles. The summed E-state index contributed by atoms with van der Waals surface area (Å²) in [5.74, 6) is 0.171. The van der Waals surface area contributed by atoms with Crippen molar-refractivity contribution in [2.24, 2.45) is 0 Å². The van der Waals surface area contributed by atoms with E-state index in [1.54, 1.807) is 18.3 Å². The van der Waals surface area contributed by atoms with Crippen LogP contribution in [-0.4, -0.2) is 95.2 Å². The fourth-order valence-electron chi connectivity index (χ4n) is 4.79. The number of aliphatic hydroxyl groups excluding tert-OH is 3. The first kappa shape index (κ1) is 26.2. The van der Waals surface area contributed by atoms with Crippen LogP contribution < -0.4 is 10.2 Å². The molecule has 15 heteroatoms. The minimum atomic E-state index is -1.34. The van der Waals surface area contributed by atoms with Crippen molar-refractivity contribution in [3.63, 3.8) is 0 Å². The van der Waals surface area contributed by atoms with Crippen molar-refractivity contribution in [2.75, 3.05) is 30.0 Å². The van der Waals surface area contributed by atoms with Crippen LogP contribution in [0.25, 0.3) is 17.1 Å². The maximum Gasteiger partial charge on any atom is 0.254 e. The lowest BCUT2D eigenvalue weighted by Crippen LogP contribution is -2.33. The number of aromatic nitrogens is 6. The summed E-state index contributed by atoms with van der Waals surface area (Å²) in [6.07, 6.45) is 1.22. The van der Waals surface area contributed by atoms with Gasteiger partial charge in [0.1, 0.15) is 24.1 Å². The average Bonchev–Trinajstić information content (AvgIpc) is 3.77. The summed E-state index contributed by atoms with van der Waals surface area (Å²) in [5.41, 5.74) is 1.87. The number of nitrogens with zero attached hydrogens (tertiary/aromatic N) is 7. The van der Waals surface area contributed by atoms with Crippen molar-refractivity contribution in [1.82, 2.24) is 29.3 Å². The van der Waals surface area contributed by atoms with Gasteiger partial charge in [0.05, 0.1) is 50.2 Å². The molecule has 0 spiro atoms. The summed E-state index contributed by atoms with van der Waals surface area (Å²) >= 11 is 0. The molecule has 1 amide bonds. The molecule has 0 radical (unpaired) electrons. The van der Waals surface area contributed by atoms with Crippen molar-refractivity contribution in [1.29, 1.82) is 0 Å². The number of benzene rings is 1. The van der Waals surface area contributed by atoms with Crippen LogP contribution >= 0.6 is 0 Å². The van der Waals surface area contributed by atoms with Gasteiger partial charge in [0.2, 0.25) is 6.41 Å². The van der Waals surface area contributed by atoms with Gasteiger partial charge in [0.25, 0.3) is 5.95 Å². The third-order valence-electron chi connectivity index (χ3n) is 6.97. The molecule has 2 saturated heterocycles. The highest BCUT2D eigenvalue weighted by molar-refractivity contribution is 5.84. The largest absolute Gasteiger partial charge is 0.394 e. The number of carbonyl (C=O) groups excluding carboxylic acids is 1. The van der Waals surface area contributed by atoms with Gasteiger partial charge in [0, 0.05) is 6.61 Å². The second-order valence-electron chi connectivity index (χ2n) is 9.63. The number of nitrogens with one attached hydrogen (secondary N) is 1. The highest BCUT2D eigenvalue weighted by Gasteiger charge is 2.44. The predicted molar refractivity (Wildman–Crippen MR) is 137 cm³/mol. The topological polar surface area (TPSA) is 173 Å². The monoisotopic (exact) mass is 554 g/mol. The lowest BCUT2D eigenvalue weighted by Gasteiger charge is -2.17. The van der Waals surface area contributed by atoms with Gasteiger partial charge in [-0.2, -0.15) is 15.1 Å². The summed E-state index contributed by atoms with van der Waals surface area (Å²) < 4.78 is 27.3. The molecule has 4 aromatic rings. The van der Waals surface area contributed by atoms with E-state index in [1.807, 2.05) is 0 Å². The van der Waals surface area contributed by atoms with Crippen molar-refractivity contribution in [2.45, 2.75) is 43.5 Å². The number of aliphatic hydroxyl groups is 3. The van der Waals surface area contributed by atoms with Crippen LogP contribution in [0, 0.1) is 5.82 Å². The number of imidazole rings is 1. The molecule has 40 heavy (non-hydrogen) atoms. The molecular formula is C25H27FN8O6. The molecule has 210 valence electrons. The molecule has 0 unspecified atom stereocenters. The number of hydrogen-bond acceptors (Lipinski definition) is 11. The Morgan fingerprint density at radius 3 is 2.73 bits per heavy atom. The average molecular weight is 555 g/mol. The van der Waals surface area contributed by atoms with Crippen LogP contribution in [0.15, 0.2) is 43.0 Å². The highest BCUT2D eigenvalue weighted by atomic mass is 19.1. The van der Waals surface area contributed by atoms with Gasteiger partial charge in [-0.25, -0.2) is 14.1 Å². The number of carbonyl (C=O) groups is 1. The Morgan fingerprint density at radius 1 is 1.20 bits per heavy atom. The maximum absolute atomic E-state index is 13.3. The second kappa shape index (κ2) is 10.9. The van der Waals surface area contributed by atoms with Gasteiger partial charge in [-0.15, -0.1) is 0 Å². The number of fused-ring (bicyclic) bond motifs is 1. The Kier molecular flexibility index (Phi) is 7.12. The van der Waals surface area contributed by atoms with E-state index in [0.29, 0.717) is 36.6 Å². The first-order valence-electron chi connectivity index (χ1n) is 12.7. The van der Waals surface area contributed by atoms with Gasteiger partial charge < -0.3 is 35.0 Å². The Hall–Kier alpha value is -4.02. The number of amides is 1. The van der Waals surface area contributed by atoms with Crippen molar-refractivity contribution in [3.05, 3.63) is 54.4 Å². The number of ether oxygens (including phenoxy) is 2. The highest BCUT2D eigenvalue weighted by Crippen LogP contribution is 2.33. The quantitative estimate of drug-likeness (QED) is 0.207. The van der Waals surface area contributed by atoms with Gasteiger partial charge in [0.15, 0.2) is 23.2 Å². The fourth-order valence-corrected chi connectivity index (χ4v) is 4.79. The molecule has 0 saturated carbocycles. The molecule has 0 aliphatic carbocycles. The van der Waals surface area contributed by atoms with E-state index in [0.717, 1.165) is 12.0 Å². The zero-order valence-corrected chi connectivity index (χ0v) is 21.1. The molecule has 0 bridgehead atoms. The van der Waals surface area contributed by atoms with E-state index >= 15 is 0 Å². The van der Waals surface area contributed by atoms with Gasteiger partial charge in [-0.3, -0.25) is 9.36 Å². The molecule has 2 aliphatic heterocycles. The smallest absolute Gasteiger partial charge is 0.254 e. The predicted octanol–water partition coefficient (Wildman–Crippen LogP) is 0.126. The Morgan fingerprint density at radius 2 is 2.02 bits per heavy atom. The Bertz CT molecular complexity index is 1490. The van der Waals surface area contributed by atoms with Crippen LogP contribution in [-0.2, 0) is 20.8 Å². The number of halogens is 1. The van der Waals surface area contributed by atoms with Crippen molar-refractivity contribution in [3.8, 4) is 5.95 Å². The zero-order chi connectivity index (χ0) is 27.8. The van der Waals surface area contributed by atoms with E-state index in [2.05, 4.69) is 25.4 Å². The number of hydrogen-bond donors (Lipinski definition) is 4. The Labute approximate surface area is 226 Å². The lowest BCUT2D eigenvalue weighted by molar-refractivity contribution is -0.107. The van der Waals surface area contributed by atoms with Gasteiger partial charge in [-0.05, 0) is 24.1 Å². The second-order valence-corrected chi connectivity index (χ2v) is 9.63. The summed E-state index contributed by atoms with van der Waals surface area (Å²) in [6.45, 7) is 0.812. The molecule has 5 atom stereocenters. The third-order valence-corrected chi connectivity index (χ3v) is 6.97. The van der Waals surface area contributed by atoms with Gasteiger partial charge in [-0.1, -0.05) is 12.1 Å². The molecule has 4 N–H and O–H groups in total. The van der Waals surface area contributed by atoms with E-state index in [-0.39, 0.29) is 30.0 Å². The van der Waals surface area contributed by atoms with Crippen molar-refractivity contribution >= 4 is 29.1 Å². The summed E-state index contributed by atoms with van der Waals surface area (Å²) in [4.78, 5) is 27.0. The SMILES string of the molecule is O=CN(Cc1ccc(F)cc1)c1cnn(-c2nc(N[C@@H]3CCOC3)c3ncn([C@@H]4O[C@H](CO)[C@@H](O)[C@H]4O)c3n2)c1. The summed E-state index contributed by atoms with van der Waals surface area (Å²) in [6, 6.07) is 5.82. The molecule has 5 heterocycles. The fraction of sp³-hybridized carbons (Fsp3) is 0.400. The molecule has 14 nitrogen and oxygen atoms in total. The maximum atomic E-state index is 13.3. The summed E-state index contributed by atoms with van der Waals surface area (Å²) in [7, 11) is 0. The van der Waals surface area contributed by atoms with E-state index in [1.165, 1.54) is 38.8 Å². The Balaban J connectivity index is 1.37. The van der Waals surface area contributed by atoms with Crippen LogP contribution in [0.4, 0.5) is 15.9 Å². The van der Waals surface area contributed by atoms with E-state index < -0.39 is 31.1 Å². The van der Waals surface area contributed by atoms with Crippen LogP contribution in [0.3, 0.4) is 0 Å². The van der Waals surface area contributed by atoms with Crippen LogP contribution in [0.2, 0.25) is 0 Å². The minimum Gasteiger partial charge on any atom is -0.394 e. The normalized spacial score (nSPS) is 24.6. The first-order valence-corrected chi connectivity index (χ1v) is 12.7. The van der Waals surface area contributed by atoms with Crippen molar-refractivity contribution < 1.29 is 34.0 Å². The molecule has 2 aliphatic rings. The number of rotatable bonds is 9.